The molecular formula is C17H28N2. The third-order valence-electron chi connectivity index (χ3n) is 3.27. The van der Waals surface area contributed by atoms with Gasteiger partial charge in [0.2, 0.25) is 0 Å². The lowest BCUT2D eigenvalue weighted by Gasteiger charge is -2.00. The van der Waals surface area contributed by atoms with E-state index in [9.17, 15) is 0 Å². The van der Waals surface area contributed by atoms with Crippen LogP contribution < -0.4 is 4.57 Å². The predicted octanol–water partition coefficient (Wildman–Crippen LogP) is 4.38. The molecular weight excluding hydrogens is 232 g/mol. The Labute approximate surface area is 119 Å². The van der Waals surface area contributed by atoms with Gasteiger partial charge in [0.05, 0.1) is 0 Å². The lowest BCUT2D eigenvalue weighted by molar-refractivity contribution is -0.697. The maximum Gasteiger partial charge on any atom is 0.169 e. The van der Waals surface area contributed by atoms with E-state index < -0.39 is 0 Å². The molecule has 1 aromatic rings. The zero-order chi connectivity index (χ0) is 14.3. The second-order valence-electron chi connectivity index (χ2n) is 4.96. The Bertz CT molecular complexity index is 314. The molecule has 0 amide bonds. The van der Waals surface area contributed by atoms with Gasteiger partial charge in [0, 0.05) is 18.6 Å². The predicted molar refractivity (Wildman–Crippen MR) is 79.0 cm³/mol. The van der Waals surface area contributed by atoms with Gasteiger partial charge in [-0.2, -0.15) is 0 Å². The SMILES string of the molecule is CCCCCCCC[n+]1ccc(CCC)cc1.[C-]#N. The van der Waals surface area contributed by atoms with Gasteiger partial charge in [0.1, 0.15) is 6.54 Å². The van der Waals surface area contributed by atoms with E-state index in [4.69, 9.17) is 11.8 Å². The fourth-order valence-electron chi connectivity index (χ4n) is 2.17. The van der Waals surface area contributed by atoms with Gasteiger partial charge >= 0.3 is 0 Å². The number of hydrogen-bond donors (Lipinski definition) is 0. The van der Waals surface area contributed by atoms with Gasteiger partial charge in [-0.1, -0.05) is 46.0 Å². The van der Waals surface area contributed by atoms with Crippen LogP contribution in [0.4, 0.5) is 0 Å². The number of rotatable bonds is 9. The molecule has 1 heterocycles. The van der Waals surface area contributed by atoms with Crippen molar-refractivity contribution in [1.82, 2.24) is 0 Å². The van der Waals surface area contributed by atoms with E-state index in [1.54, 1.807) is 0 Å². The molecule has 0 aliphatic carbocycles. The van der Waals surface area contributed by atoms with Crippen LogP contribution in [-0.2, 0) is 13.0 Å². The summed E-state index contributed by atoms with van der Waals surface area (Å²) in [5.41, 5.74) is 1.46. The number of pyridine rings is 1. The minimum Gasteiger partial charge on any atom is -0.512 e. The number of hydrogen-bond acceptors (Lipinski definition) is 1. The molecule has 0 radical (unpaired) electrons. The van der Waals surface area contributed by atoms with Crippen molar-refractivity contribution in [2.24, 2.45) is 0 Å². The van der Waals surface area contributed by atoms with E-state index in [0.29, 0.717) is 0 Å². The van der Waals surface area contributed by atoms with Crippen molar-refractivity contribution >= 4 is 0 Å². The highest BCUT2D eigenvalue weighted by molar-refractivity contribution is 5.06. The molecule has 1 rings (SSSR count). The summed E-state index contributed by atoms with van der Waals surface area (Å²) in [7, 11) is 0. The Hall–Kier alpha value is -1.36. The van der Waals surface area contributed by atoms with Crippen molar-refractivity contribution in [2.75, 3.05) is 0 Å². The van der Waals surface area contributed by atoms with Crippen LogP contribution in [0.25, 0.3) is 0 Å². The van der Waals surface area contributed by atoms with Gasteiger partial charge in [0.25, 0.3) is 0 Å². The summed E-state index contributed by atoms with van der Waals surface area (Å²) in [5.74, 6) is 0. The van der Waals surface area contributed by atoms with Crippen LogP contribution in [0, 0.1) is 11.8 Å². The molecule has 0 aromatic carbocycles. The first-order valence-corrected chi connectivity index (χ1v) is 7.57. The average Bonchev–Trinajstić information content (AvgIpc) is 2.47. The first kappa shape index (κ1) is 17.6. The van der Waals surface area contributed by atoms with E-state index in [1.807, 2.05) is 0 Å². The van der Waals surface area contributed by atoms with E-state index in [1.165, 1.54) is 63.5 Å². The largest absolute Gasteiger partial charge is 0.512 e. The second-order valence-corrected chi connectivity index (χ2v) is 4.96. The van der Waals surface area contributed by atoms with Gasteiger partial charge < -0.3 is 11.8 Å². The molecule has 2 nitrogen and oxygen atoms in total. The van der Waals surface area contributed by atoms with Crippen LogP contribution in [0.2, 0.25) is 0 Å². The summed E-state index contributed by atoms with van der Waals surface area (Å²) < 4.78 is 2.32. The molecule has 0 aliphatic rings. The lowest BCUT2D eigenvalue weighted by atomic mass is 10.1. The fraction of sp³-hybridized carbons (Fsp3) is 0.647. The zero-order valence-electron chi connectivity index (χ0n) is 12.6. The highest BCUT2D eigenvalue weighted by Gasteiger charge is 2.00. The standard InChI is InChI=1S/C16H28N.CN/c1-3-5-6-7-8-9-13-17-14-11-16(10-4-2)12-15-17;1-2/h11-12,14-15H,3-10,13H2,1-2H3;/q+1;-1. The molecule has 0 saturated carbocycles. The minimum absolute atomic E-state index is 1.18. The first-order valence-electron chi connectivity index (χ1n) is 7.57. The summed E-state index contributed by atoms with van der Waals surface area (Å²) in [4.78, 5) is 0. The minimum atomic E-state index is 1.18. The fourth-order valence-corrected chi connectivity index (χ4v) is 2.17. The molecule has 0 spiro atoms. The third kappa shape index (κ3) is 9.25. The maximum absolute atomic E-state index is 6.25. The third-order valence-corrected chi connectivity index (χ3v) is 3.27. The van der Waals surface area contributed by atoms with E-state index in [0.717, 1.165) is 0 Å². The Balaban J connectivity index is 0.00000154. The normalized spacial score (nSPS) is 9.68. The van der Waals surface area contributed by atoms with Gasteiger partial charge in [0.15, 0.2) is 12.4 Å². The smallest absolute Gasteiger partial charge is 0.169 e. The molecule has 0 bridgehead atoms. The number of aromatic nitrogens is 1. The molecule has 19 heavy (non-hydrogen) atoms. The van der Waals surface area contributed by atoms with E-state index in [-0.39, 0.29) is 0 Å². The van der Waals surface area contributed by atoms with Gasteiger partial charge in [-0.3, -0.25) is 0 Å². The topological polar surface area (TPSA) is 27.7 Å². The molecule has 106 valence electrons. The summed E-state index contributed by atoms with van der Waals surface area (Å²) in [6.45, 7) is 10.4. The van der Waals surface area contributed by atoms with Gasteiger partial charge in [-0.25, -0.2) is 4.57 Å². The summed E-state index contributed by atoms with van der Waals surface area (Å²) in [6, 6.07) is 4.53. The van der Waals surface area contributed by atoms with E-state index >= 15 is 0 Å². The quantitative estimate of drug-likeness (QED) is 0.368. The van der Waals surface area contributed by atoms with Crippen molar-refractivity contribution in [3.63, 3.8) is 0 Å². The molecule has 0 aliphatic heterocycles. The molecule has 0 fully saturated rings. The Morgan fingerprint density at radius 1 is 0.895 bits per heavy atom. The summed E-state index contributed by atoms with van der Waals surface area (Å²) >= 11 is 0. The Kier molecular flexibility index (Phi) is 12.1. The van der Waals surface area contributed by atoms with Gasteiger partial charge in [-0.05, 0) is 18.4 Å². The molecule has 1 aromatic heterocycles. The average molecular weight is 260 g/mol. The monoisotopic (exact) mass is 260 g/mol. The number of unbranched alkanes of at least 4 members (excludes halogenated alkanes) is 5. The highest BCUT2D eigenvalue weighted by Crippen LogP contribution is 2.05. The first-order chi connectivity index (χ1) is 9.36. The van der Waals surface area contributed by atoms with Crippen molar-refractivity contribution in [1.29, 1.82) is 5.26 Å². The van der Waals surface area contributed by atoms with Crippen molar-refractivity contribution in [2.45, 2.75) is 71.8 Å². The molecule has 0 unspecified atom stereocenters. The highest BCUT2D eigenvalue weighted by atomic mass is 14.9. The van der Waals surface area contributed by atoms with Crippen molar-refractivity contribution < 1.29 is 4.57 Å². The van der Waals surface area contributed by atoms with Crippen LogP contribution in [-0.4, -0.2) is 0 Å². The van der Waals surface area contributed by atoms with Crippen LogP contribution in [0.5, 0.6) is 0 Å². The van der Waals surface area contributed by atoms with E-state index in [2.05, 4.69) is 42.9 Å². The maximum atomic E-state index is 6.25. The molecule has 0 atom stereocenters. The van der Waals surface area contributed by atoms with Crippen LogP contribution in [0.1, 0.15) is 64.4 Å². The number of aryl methyl sites for hydroxylation is 2. The zero-order valence-corrected chi connectivity index (χ0v) is 12.6. The molecule has 0 N–H and O–H groups in total. The number of nitrogens with zero attached hydrogens (tertiary/aromatic N) is 2. The van der Waals surface area contributed by atoms with Crippen LogP contribution in [0.15, 0.2) is 24.5 Å². The second kappa shape index (κ2) is 13.1. The molecule has 0 saturated heterocycles. The van der Waals surface area contributed by atoms with Crippen molar-refractivity contribution in [3.8, 4) is 0 Å². The molecule has 2 heteroatoms. The Morgan fingerprint density at radius 3 is 2.05 bits per heavy atom. The van der Waals surface area contributed by atoms with Gasteiger partial charge in [-0.15, -0.1) is 0 Å². The lowest BCUT2D eigenvalue weighted by Crippen LogP contribution is -2.32. The van der Waals surface area contributed by atoms with Crippen molar-refractivity contribution in [3.05, 3.63) is 36.7 Å². The van der Waals surface area contributed by atoms with Crippen LogP contribution >= 0.6 is 0 Å². The summed E-state index contributed by atoms with van der Waals surface area (Å²) in [6.07, 6.45) is 15.2. The van der Waals surface area contributed by atoms with Crippen LogP contribution in [0.3, 0.4) is 0 Å². The summed E-state index contributed by atoms with van der Waals surface area (Å²) in [5, 5.41) is 6.25. The Morgan fingerprint density at radius 2 is 1.47 bits per heavy atom.